The van der Waals surface area contributed by atoms with E-state index in [-0.39, 0.29) is 0 Å². The molecule has 0 spiro atoms. The highest BCUT2D eigenvalue weighted by atomic mass is 79.9. The van der Waals surface area contributed by atoms with Crippen molar-refractivity contribution in [2.24, 2.45) is 0 Å². The van der Waals surface area contributed by atoms with Gasteiger partial charge in [0.25, 0.3) is 0 Å². The molecule has 0 radical (unpaired) electrons. The standard InChI is InChI=1S/C16H26BrNO2/c1-4-9-18-10-7-5-6-8-14-15(17)11-13(19-2)12-16(14)20-3/h11-12,18H,4-10H2,1-3H3. The third-order valence-electron chi connectivity index (χ3n) is 3.29. The van der Waals surface area contributed by atoms with E-state index < -0.39 is 0 Å². The lowest BCUT2D eigenvalue weighted by Crippen LogP contribution is -2.15. The Morgan fingerprint density at radius 2 is 1.85 bits per heavy atom. The van der Waals surface area contributed by atoms with Gasteiger partial charge in [-0.25, -0.2) is 0 Å². The zero-order chi connectivity index (χ0) is 14.8. The zero-order valence-electron chi connectivity index (χ0n) is 12.8. The minimum absolute atomic E-state index is 0.821. The largest absolute Gasteiger partial charge is 0.497 e. The lowest BCUT2D eigenvalue weighted by atomic mass is 10.1. The third-order valence-corrected chi connectivity index (χ3v) is 4.00. The van der Waals surface area contributed by atoms with Crippen LogP contribution in [0, 0.1) is 0 Å². The third kappa shape index (κ3) is 5.71. The maximum Gasteiger partial charge on any atom is 0.126 e. The minimum Gasteiger partial charge on any atom is -0.497 e. The number of unbranched alkanes of at least 4 members (excludes halogenated alkanes) is 2. The first-order valence-corrected chi connectivity index (χ1v) is 8.13. The first-order chi connectivity index (χ1) is 9.72. The molecule has 0 bridgehead atoms. The van der Waals surface area contributed by atoms with Gasteiger partial charge in [-0.1, -0.05) is 29.3 Å². The summed E-state index contributed by atoms with van der Waals surface area (Å²) in [7, 11) is 3.38. The van der Waals surface area contributed by atoms with Gasteiger partial charge in [0.15, 0.2) is 0 Å². The molecule has 0 unspecified atom stereocenters. The molecule has 1 rings (SSSR count). The number of hydrogen-bond acceptors (Lipinski definition) is 3. The number of methoxy groups -OCH3 is 2. The van der Waals surface area contributed by atoms with Crippen molar-refractivity contribution in [3.8, 4) is 11.5 Å². The van der Waals surface area contributed by atoms with Crippen molar-refractivity contribution < 1.29 is 9.47 Å². The predicted molar refractivity (Wildman–Crippen MR) is 88.0 cm³/mol. The molecule has 0 heterocycles. The zero-order valence-corrected chi connectivity index (χ0v) is 14.4. The molecular weight excluding hydrogens is 318 g/mol. The van der Waals surface area contributed by atoms with E-state index in [4.69, 9.17) is 9.47 Å². The van der Waals surface area contributed by atoms with Gasteiger partial charge >= 0.3 is 0 Å². The van der Waals surface area contributed by atoms with E-state index >= 15 is 0 Å². The van der Waals surface area contributed by atoms with Gasteiger partial charge in [0.2, 0.25) is 0 Å². The van der Waals surface area contributed by atoms with Crippen molar-refractivity contribution in [2.75, 3.05) is 27.3 Å². The molecule has 4 heteroatoms. The summed E-state index contributed by atoms with van der Waals surface area (Å²) in [6.07, 6.45) is 5.88. The van der Waals surface area contributed by atoms with E-state index in [9.17, 15) is 0 Å². The SMILES string of the molecule is CCCNCCCCCc1c(Br)cc(OC)cc1OC. The predicted octanol–water partition coefficient (Wildman–Crippen LogP) is 4.18. The Morgan fingerprint density at radius 1 is 1.05 bits per heavy atom. The highest BCUT2D eigenvalue weighted by Crippen LogP contribution is 2.33. The van der Waals surface area contributed by atoms with E-state index in [2.05, 4.69) is 28.2 Å². The van der Waals surface area contributed by atoms with E-state index in [0.29, 0.717) is 0 Å². The van der Waals surface area contributed by atoms with E-state index in [1.165, 1.54) is 31.2 Å². The Kier molecular flexibility index (Phi) is 8.70. The van der Waals surface area contributed by atoms with Gasteiger partial charge in [0.05, 0.1) is 14.2 Å². The van der Waals surface area contributed by atoms with Crippen LogP contribution in [-0.4, -0.2) is 27.3 Å². The van der Waals surface area contributed by atoms with Crippen molar-refractivity contribution in [1.29, 1.82) is 0 Å². The second-order valence-electron chi connectivity index (χ2n) is 4.85. The summed E-state index contributed by atoms with van der Waals surface area (Å²) in [6.45, 7) is 4.44. The number of hydrogen-bond donors (Lipinski definition) is 1. The summed E-state index contributed by atoms with van der Waals surface area (Å²) in [6, 6.07) is 3.95. The molecule has 3 nitrogen and oxygen atoms in total. The van der Waals surface area contributed by atoms with Crippen molar-refractivity contribution in [3.63, 3.8) is 0 Å². The smallest absolute Gasteiger partial charge is 0.126 e. The summed E-state index contributed by atoms with van der Waals surface area (Å²) >= 11 is 3.61. The lowest BCUT2D eigenvalue weighted by Gasteiger charge is -2.13. The number of ether oxygens (including phenoxy) is 2. The summed E-state index contributed by atoms with van der Waals surface area (Å²) in [5.74, 6) is 1.72. The van der Waals surface area contributed by atoms with Crippen LogP contribution < -0.4 is 14.8 Å². The molecule has 0 aliphatic heterocycles. The van der Waals surface area contributed by atoms with Gasteiger partial charge in [-0.2, -0.15) is 0 Å². The quantitative estimate of drug-likeness (QED) is 0.646. The van der Waals surface area contributed by atoms with E-state index in [1.54, 1.807) is 14.2 Å². The van der Waals surface area contributed by atoms with Crippen LogP contribution in [0.1, 0.15) is 38.2 Å². The average Bonchev–Trinajstić information content (AvgIpc) is 2.47. The second kappa shape index (κ2) is 10.1. The van der Waals surface area contributed by atoms with Gasteiger partial charge < -0.3 is 14.8 Å². The van der Waals surface area contributed by atoms with Gasteiger partial charge in [-0.3, -0.25) is 0 Å². The molecule has 0 saturated heterocycles. The van der Waals surface area contributed by atoms with Crippen molar-refractivity contribution in [1.82, 2.24) is 5.32 Å². The summed E-state index contributed by atoms with van der Waals surface area (Å²) in [4.78, 5) is 0. The van der Waals surface area contributed by atoms with Gasteiger partial charge in [0, 0.05) is 16.1 Å². The monoisotopic (exact) mass is 343 g/mol. The fourth-order valence-electron chi connectivity index (χ4n) is 2.16. The summed E-state index contributed by atoms with van der Waals surface area (Å²) in [5.41, 5.74) is 1.23. The molecule has 20 heavy (non-hydrogen) atoms. The van der Waals surface area contributed by atoms with Crippen LogP contribution in [0.4, 0.5) is 0 Å². The fourth-order valence-corrected chi connectivity index (χ4v) is 2.78. The van der Waals surface area contributed by atoms with Crippen molar-refractivity contribution in [3.05, 3.63) is 22.2 Å². The first-order valence-electron chi connectivity index (χ1n) is 7.34. The number of halogens is 1. The van der Waals surface area contributed by atoms with Crippen LogP contribution in [0.5, 0.6) is 11.5 Å². The molecule has 1 aromatic carbocycles. The van der Waals surface area contributed by atoms with Crippen LogP contribution in [0.3, 0.4) is 0 Å². The second-order valence-corrected chi connectivity index (χ2v) is 5.71. The maximum atomic E-state index is 5.46. The topological polar surface area (TPSA) is 30.5 Å². The van der Waals surface area contributed by atoms with Crippen LogP contribution in [0.25, 0.3) is 0 Å². The molecule has 1 N–H and O–H groups in total. The molecule has 114 valence electrons. The molecular formula is C16H26BrNO2. The summed E-state index contributed by atoms with van der Waals surface area (Å²) < 4.78 is 11.8. The number of nitrogens with one attached hydrogen (secondary N) is 1. The molecule has 0 atom stereocenters. The van der Waals surface area contributed by atoms with Crippen molar-refractivity contribution in [2.45, 2.75) is 39.0 Å². The Hall–Kier alpha value is -0.740. The average molecular weight is 344 g/mol. The molecule has 0 amide bonds. The number of rotatable bonds is 10. The first kappa shape index (κ1) is 17.3. The normalized spacial score (nSPS) is 10.6. The Morgan fingerprint density at radius 3 is 2.50 bits per heavy atom. The highest BCUT2D eigenvalue weighted by Gasteiger charge is 2.10. The maximum absolute atomic E-state index is 5.46. The molecule has 0 aliphatic carbocycles. The van der Waals surface area contributed by atoms with Crippen LogP contribution in [-0.2, 0) is 6.42 Å². The van der Waals surface area contributed by atoms with E-state index in [0.717, 1.165) is 35.5 Å². The Balaban J connectivity index is 2.43. The molecule has 0 fully saturated rings. The van der Waals surface area contributed by atoms with Crippen molar-refractivity contribution >= 4 is 15.9 Å². The van der Waals surface area contributed by atoms with E-state index in [1.807, 2.05) is 12.1 Å². The van der Waals surface area contributed by atoms with Crippen LogP contribution >= 0.6 is 15.9 Å². The lowest BCUT2D eigenvalue weighted by molar-refractivity contribution is 0.390. The van der Waals surface area contributed by atoms with Gasteiger partial charge in [0.1, 0.15) is 11.5 Å². The number of benzene rings is 1. The summed E-state index contributed by atoms with van der Waals surface area (Å²) in [5, 5.41) is 3.43. The highest BCUT2D eigenvalue weighted by molar-refractivity contribution is 9.10. The Bertz CT molecular complexity index is 396. The molecule has 0 aliphatic rings. The Labute approximate surface area is 131 Å². The fraction of sp³-hybridized carbons (Fsp3) is 0.625. The molecule has 1 aromatic rings. The van der Waals surface area contributed by atoms with Gasteiger partial charge in [-0.05, 0) is 44.8 Å². The minimum atomic E-state index is 0.821. The van der Waals surface area contributed by atoms with Crippen LogP contribution in [0.15, 0.2) is 16.6 Å². The molecule has 0 aromatic heterocycles. The molecule has 0 saturated carbocycles. The van der Waals surface area contributed by atoms with Crippen LogP contribution in [0.2, 0.25) is 0 Å². The van der Waals surface area contributed by atoms with Gasteiger partial charge in [-0.15, -0.1) is 0 Å².